The number of nitrogens with two attached hydrogens (primary N) is 1. The maximum Gasteiger partial charge on any atom is 0.245 e. The van der Waals surface area contributed by atoms with E-state index in [4.69, 9.17) is 10.5 Å². The predicted octanol–water partition coefficient (Wildman–Crippen LogP) is 1.12. The average Bonchev–Trinajstić information content (AvgIpc) is 2.98. The van der Waals surface area contributed by atoms with Gasteiger partial charge < -0.3 is 15.8 Å². The first-order valence-electron chi connectivity index (χ1n) is 7.43. The van der Waals surface area contributed by atoms with Gasteiger partial charge in [0.1, 0.15) is 5.54 Å². The summed E-state index contributed by atoms with van der Waals surface area (Å²) in [7, 11) is 1.87. The van der Waals surface area contributed by atoms with Gasteiger partial charge in [-0.3, -0.25) is 9.48 Å². The molecule has 0 aromatic carbocycles. The minimum absolute atomic E-state index is 0.0874. The van der Waals surface area contributed by atoms with Crippen LogP contribution in [0, 0.1) is 25.2 Å². The molecule has 1 amide bonds. The van der Waals surface area contributed by atoms with Crippen LogP contribution in [0.2, 0.25) is 0 Å². The molecule has 1 aliphatic carbocycles. The van der Waals surface area contributed by atoms with Crippen molar-refractivity contribution in [3.63, 3.8) is 0 Å². The topological polar surface area (TPSA) is 82.2 Å². The Morgan fingerprint density at radius 3 is 2.71 bits per heavy atom. The predicted molar refractivity (Wildman–Crippen MR) is 79.9 cm³/mol. The van der Waals surface area contributed by atoms with E-state index in [1.165, 1.54) is 0 Å². The summed E-state index contributed by atoms with van der Waals surface area (Å²) in [4.78, 5) is 12.9. The Hall–Kier alpha value is -1.40. The first-order valence-corrected chi connectivity index (χ1v) is 7.43. The largest absolute Gasteiger partial charge is 0.377 e. The summed E-state index contributed by atoms with van der Waals surface area (Å²) in [5.41, 5.74) is 7.81. The SMILES string of the molecule is Cc1nn(C)c(C)c1NC(=O)C1(N)C2CCOC2C1(C)C. The van der Waals surface area contributed by atoms with Crippen LogP contribution in [0.1, 0.15) is 31.7 Å². The molecule has 6 nitrogen and oxygen atoms in total. The molecule has 2 fully saturated rings. The van der Waals surface area contributed by atoms with Crippen LogP contribution in [0.15, 0.2) is 0 Å². The van der Waals surface area contributed by atoms with Gasteiger partial charge in [0.2, 0.25) is 5.91 Å². The third-order valence-electron chi connectivity index (χ3n) is 5.58. The van der Waals surface area contributed by atoms with Gasteiger partial charge in [-0.25, -0.2) is 0 Å². The zero-order chi connectivity index (χ0) is 15.6. The van der Waals surface area contributed by atoms with Crippen LogP contribution in [0.25, 0.3) is 0 Å². The molecule has 1 saturated heterocycles. The molecule has 3 atom stereocenters. The third-order valence-corrected chi connectivity index (χ3v) is 5.58. The highest BCUT2D eigenvalue weighted by molar-refractivity contribution is 6.01. The molecule has 2 aliphatic rings. The number of fused-ring (bicyclic) bond motifs is 1. The number of aromatic nitrogens is 2. The van der Waals surface area contributed by atoms with Crippen molar-refractivity contribution in [2.45, 2.75) is 45.8 Å². The zero-order valence-electron chi connectivity index (χ0n) is 13.4. The molecular formula is C15H24N4O2. The van der Waals surface area contributed by atoms with E-state index >= 15 is 0 Å². The Labute approximate surface area is 125 Å². The molecule has 3 N–H and O–H groups in total. The van der Waals surface area contributed by atoms with Crippen molar-refractivity contribution in [2.75, 3.05) is 11.9 Å². The second kappa shape index (κ2) is 4.30. The fourth-order valence-corrected chi connectivity index (χ4v) is 4.02. The van der Waals surface area contributed by atoms with Crippen molar-refractivity contribution in [2.24, 2.45) is 24.1 Å². The van der Waals surface area contributed by atoms with Crippen molar-refractivity contribution in [1.82, 2.24) is 9.78 Å². The molecular weight excluding hydrogens is 268 g/mol. The van der Waals surface area contributed by atoms with Gasteiger partial charge in [0, 0.05) is 25.0 Å². The van der Waals surface area contributed by atoms with Gasteiger partial charge in [0.15, 0.2) is 0 Å². The summed E-state index contributed by atoms with van der Waals surface area (Å²) in [6.45, 7) is 8.55. The Kier molecular flexibility index (Phi) is 2.98. The summed E-state index contributed by atoms with van der Waals surface area (Å²) in [6.07, 6.45) is 0.938. The van der Waals surface area contributed by atoms with Crippen LogP contribution in [0.4, 0.5) is 5.69 Å². The van der Waals surface area contributed by atoms with Crippen molar-refractivity contribution in [1.29, 1.82) is 0 Å². The van der Waals surface area contributed by atoms with E-state index in [9.17, 15) is 4.79 Å². The van der Waals surface area contributed by atoms with E-state index < -0.39 is 5.54 Å². The van der Waals surface area contributed by atoms with E-state index in [2.05, 4.69) is 10.4 Å². The van der Waals surface area contributed by atoms with Crippen LogP contribution in [-0.2, 0) is 16.6 Å². The van der Waals surface area contributed by atoms with Gasteiger partial charge >= 0.3 is 0 Å². The number of hydrogen-bond donors (Lipinski definition) is 2. The highest BCUT2D eigenvalue weighted by Crippen LogP contribution is 2.58. The van der Waals surface area contributed by atoms with Crippen LogP contribution < -0.4 is 11.1 Å². The molecule has 1 aromatic rings. The fraction of sp³-hybridized carbons (Fsp3) is 0.733. The van der Waals surface area contributed by atoms with Crippen molar-refractivity contribution < 1.29 is 9.53 Å². The molecule has 0 radical (unpaired) electrons. The fourth-order valence-electron chi connectivity index (χ4n) is 4.02. The number of amides is 1. The van der Waals surface area contributed by atoms with E-state index in [1.807, 2.05) is 34.7 Å². The summed E-state index contributed by atoms with van der Waals surface area (Å²) < 4.78 is 7.50. The number of carbonyl (C=O) groups excluding carboxylic acids is 1. The second-order valence-corrected chi connectivity index (χ2v) is 6.90. The first-order chi connectivity index (χ1) is 9.71. The average molecular weight is 292 g/mol. The van der Waals surface area contributed by atoms with Crippen molar-refractivity contribution in [3.05, 3.63) is 11.4 Å². The molecule has 1 aromatic heterocycles. The van der Waals surface area contributed by atoms with Gasteiger partial charge in [-0.1, -0.05) is 13.8 Å². The lowest BCUT2D eigenvalue weighted by Crippen LogP contribution is -2.79. The number of aryl methyl sites for hydroxylation is 2. The van der Waals surface area contributed by atoms with Gasteiger partial charge in [-0.15, -0.1) is 0 Å². The highest BCUT2D eigenvalue weighted by atomic mass is 16.5. The molecule has 2 heterocycles. The number of carbonyl (C=O) groups is 1. The Morgan fingerprint density at radius 2 is 2.14 bits per heavy atom. The molecule has 6 heteroatoms. The number of ether oxygens (including phenoxy) is 1. The quantitative estimate of drug-likeness (QED) is 0.855. The maximum atomic E-state index is 12.9. The lowest BCUT2D eigenvalue weighted by atomic mass is 9.48. The first kappa shape index (κ1) is 14.5. The van der Waals surface area contributed by atoms with Gasteiger partial charge in [0.05, 0.1) is 23.2 Å². The molecule has 116 valence electrons. The van der Waals surface area contributed by atoms with E-state index in [0.717, 1.165) is 23.5 Å². The van der Waals surface area contributed by atoms with Crippen LogP contribution in [0.3, 0.4) is 0 Å². The Bertz CT molecular complexity index is 607. The number of anilines is 1. The molecule has 21 heavy (non-hydrogen) atoms. The number of rotatable bonds is 2. The van der Waals surface area contributed by atoms with Crippen molar-refractivity contribution in [3.8, 4) is 0 Å². The number of nitrogens with zero attached hydrogens (tertiary/aromatic N) is 2. The molecule has 3 unspecified atom stereocenters. The molecule has 1 aliphatic heterocycles. The van der Waals surface area contributed by atoms with Crippen LogP contribution >= 0.6 is 0 Å². The number of nitrogens with one attached hydrogen (secondary N) is 1. The monoisotopic (exact) mass is 292 g/mol. The smallest absolute Gasteiger partial charge is 0.245 e. The number of hydrogen-bond acceptors (Lipinski definition) is 4. The van der Waals surface area contributed by atoms with E-state index in [1.54, 1.807) is 4.68 Å². The van der Waals surface area contributed by atoms with Crippen LogP contribution in [0.5, 0.6) is 0 Å². The van der Waals surface area contributed by atoms with Gasteiger partial charge in [-0.2, -0.15) is 5.10 Å². The normalized spacial score (nSPS) is 33.4. The van der Waals surface area contributed by atoms with E-state index in [0.29, 0.717) is 6.61 Å². The molecule has 3 rings (SSSR count). The third kappa shape index (κ3) is 1.66. The molecule has 0 spiro atoms. The molecule has 1 saturated carbocycles. The van der Waals surface area contributed by atoms with E-state index in [-0.39, 0.29) is 23.3 Å². The van der Waals surface area contributed by atoms with Crippen LogP contribution in [-0.4, -0.2) is 33.9 Å². The second-order valence-electron chi connectivity index (χ2n) is 6.90. The van der Waals surface area contributed by atoms with Crippen molar-refractivity contribution >= 4 is 11.6 Å². The van der Waals surface area contributed by atoms with Gasteiger partial charge in [-0.05, 0) is 20.3 Å². The highest BCUT2D eigenvalue weighted by Gasteiger charge is 2.71. The minimum Gasteiger partial charge on any atom is -0.377 e. The summed E-state index contributed by atoms with van der Waals surface area (Å²) in [5.74, 6) is -0.0248. The lowest BCUT2D eigenvalue weighted by molar-refractivity contribution is -0.170. The summed E-state index contributed by atoms with van der Waals surface area (Å²) in [5, 5.41) is 7.34. The van der Waals surface area contributed by atoms with Gasteiger partial charge in [0.25, 0.3) is 0 Å². The Balaban J connectivity index is 1.89. The summed E-state index contributed by atoms with van der Waals surface area (Å²) >= 11 is 0. The zero-order valence-corrected chi connectivity index (χ0v) is 13.4. The summed E-state index contributed by atoms with van der Waals surface area (Å²) in [6, 6.07) is 0. The molecule has 0 bridgehead atoms. The maximum absolute atomic E-state index is 12.9. The lowest BCUT2D eigenvalue weighted by Gasteiger charge is -2.60. The Morgan fingerprint density at radius 1 is 1.48 bits per heavy atom. The standard InChI is InChI=1S/C15H24N4O2/c1-8-11(9(2)19(5)18-8)17-13(20)15(16)10-6-7-21-12(10)14(15,3)4/h10,12H,6-7,16H2,1-5H3,(H,17,20). The minimum atomic E-state index is -0.886.